The zero-order valence-electron chi connectivity index (χ0n) is 13.0. The second kappa shape index (κ2) is 5.23. The Morgan fingerprint density at radius 3 is 2.91 bits per heavy atom. The van der Waals surface area contributed by atoms with Crippen LogP contribution in [0.5, 0.6) is 0 Å². The van der Waals surface area contributed by atoms with Crippen LogP contribution in [0.2, 0.25) is 0 Å². The number of nitrogens with zero attached hydrogens (tertiary/aromatic N) is 4. The topological polar surface area (TPSA) is 42.5 Å². The molecule has 0 bridgehead atoms. The SMILES string of the molecule is Cc1ccc2n1CCN(C(=O)c1cc3ccc(Br)cn3n1)C2C. The highest BCUT2D eigenvalue weighted by atomic mass is 79.9. The van der Waals surface area contributed by atoms with Gasteiger partial charge in [0.05, 0.1) is 11.6 Å². The lowest BCUT2D eigenvalue weighted by Crippen LogP contribution is -2.41. The van der Waals surface area contributed by atoms with Crippen molar-refractivity contribution in [2.45, 2.75) is 26.4 Å². The van der Waals surface area contributed by atoms with Crippen molar-refractivity contribution >= 4 is 27.4 Å². The molecular weight excluding hydrogens is 356 g/mol. The zero-order valence-corrected chi connectivity index (χ0v) is 14.6. The van der Waals surface area contributed by atoms with E-state index < -0.39 is 0 Å². The molecule has 4 heterocycles. The quantitative estimate of drug-likeness (QED) is 0.656. The largest absolute Gasteiger partial charge is 0.345 e. The Hall–Kier alpha value is -2.08. The number of rotatable bonds is 1. The van der Waals surface area contributed by atoms with Gasteiger partial charge >= 0.3 is 0 Å². The van der Waals surface area contributed by atoms with Crippen molar-refractivity contribution in [2.75, 3.05) is 6.54 Å². The van der Waals surface area contributed by atoms with E-state index in [2.05, 4.69) is 51.6 Å². The molecule has 23 heavy (non-hydrogen) atoms. The van der Waals surface area contributed by atoms with Crippen LogP contribution in [0.25, 0.3) is 5.52 Å². The molecule has 118 valence electrons. The van der Waals surface area contributed by atoms with Gasteiger partial charge in [-0.05, 0) is 60.1 Å². The van der Waals surface area contributed by atoms with Crippen LogP contribution >= 0.6 is 15.9 Å². The fourth-order valence-electron chi connectivity index (χ4n) is 3.31. The Kier molecular flexibility index (Phi) is 3.30. The van der Waals surface area contributed by atoms with Gasteiger partial charge in [-0.1, -0.05) is 0 Å². The average Bonchev–Trinajstić information content (AvgIpc) is 3.11. The summed E-state index contributed by atoms with van der Waals surface area (Å²) in [5, 5.41) is 4.43. The van der Waals surface area contributed by atoms with Gasteiger partial charge in [-0.25, -0.2) is 4.52 Å². The van der Waals surface area contributed by atoms with Gasteiger partial charge in [0, 0.05) is 35.1 Å². The van der Waals surface area contributed by atoms with Crippen LogP contribution in [-0.2, 0) is 6.54 Å². The van der Waals surface area contributed by atoms with E-state index in [1.54, 1.807) is 4.52 Å². The van der Waals surface area contributed by atoms with Crippen molar-refractivity contribution in [1.82, 2.24) is 19.1 Å². The van der Waals surface area contributed by atoms with Gasteiger partial charge in [0.15, 0.2) is 5.69 Å². The van der Waals surface area contributed by atoms with Crippen molar-refractivity contribution in [3.63, 3.8) is 0 Å². The Labute approximate surface area is 142 Å². The van der Waals surface area contributed by atoms with Gasteiger partial charge in [-0.2, -0.15) is 5.10 Å². The number of hydrogen-bond acceptors (Lipinski definition) is 2. The van der Waals surface area contributed by atoms with Crippen molar-refractivity contribution in [3.8, 4) is 0 Å². The lowest BCUT2D eigenvalue weighted by atomic mass is 10.1. The van der Waals surface area contributed by atoms with Crippen LogP contribution in [0.1, 0.15) is 34.8 Å². The van der Waals surface area contributed by atoms with Crippen LogP contribution in [0.15, 0.2) is 41.0 Å². The van der Waals surface area contributed by atoms with E-state index in [1.807, 2.05) is 29.3 Å². The summed E-state index contributed by atoms with van der Waals surface area (Å²) in [5.74, 6) is -0.0116. The summed E-state index contributed by atoms with van der Waals surface area (Å²) in [4.78, 5) is 14.8. The van der Waals surface area contributed by atoms with Gasteiger partial charge in [-0.3, -0.25) is 4.79 Å². The van der Waals surface area contributed by atoms with Crippen LogP contribution < -0.4 is 0 Å². The van der Waals surface area contributed by atoms with Gasteiger partial charge < -0.3 is 9.47 Å². The summed E-state index contributed by atoms with van der Waals surface area (Å²) in [7, 11) is 0. The molecule has 1 aliphatic heterocycles. The van der Waals surface area contributed by atoms with Crippen molar-refractivity contribution in [1.29, 1.82) is 0 Å². The number of aromatic nitrogens is 3. The number of carbonyl (C=O) groups excluding carboxylic acids is 1. The molecule has 0 N–H and O–H groups in total. The van der Waals surface area contributed by atoms with Crippen LogP contribution in [0.4, 0.5) is 0 Å². The number of aryl methyl sites for hydroxylation is 1. The summed E-state index contributed by atoms with van der Waals surface area (Å²) in [6.07, 6.45) is 1.86. The molecule has 3 aromatic rings. The monoisotopic (exact) mass is 372 g/mol. The molecule has 4 rings (SSSR count). The molecule has 5 nitrogen and oxygen atoms in total. The Morgan fingerprint density at radius 2 is 2.09 bits per heavy atom. The predicted octanol–water partition coefficient (Wildman–Crippen LogP) is 3.42. The first kappa shape index (κ1) is 14.5. The smallest absolute Gasteiger partial charge is 0.275 e. The Balaban J connectivity index is 1.68. The lowest BCUT2D eigenvalue weighted by molar-refractivity contribution is 0.0636. The van der Waals surface area contributed by atoms with Crippen molar-refractivity contribution < 1.29 is 4.79 Å². The summed E-state index contributed by atoms with van der Waals surface area (Å²) in [5.41, 5.74) is 3.84. The van der Waals surface area contributed by atoms with Gasteiger partial charge in [-0.15, -0.1) is 0 Å². The van der Waals surface area contributed by atoms with Crippen LogP contribution in [-0.4, -0.2) is 31.5 Å². The third kappa shape index (κ3) is 2.28. The van der Waals surface area contributed by atoms with Crippen molar-refractivity contribution in [2.24, 2.45) is 0 Å². The Morgan fingerprint density at radius 1 is 1.26 bits per heavy atom. The van der Waals surface area contributed by atoms with Crippen molar-refractivity contribution in [3.05, 3.63) is 58.1 Å². The molecule has 0 aromatic carbocycles. The van der Waals surface area contributed by atoms with E-state index in [0.717, 1.165) is 16.5 Å². The molecule has 0 saturated heterocycles. The highest BCUT2D eigenvalue weighted by Crippen LogP contribution is 2.28. The first-order valence-electron chi connectivity index (χ1n) is 7.66. The Bertz CT molecular complexity index is 911. The van der Waals surface area contributed by atoms with Crippen LogP contribution in [0, 0.1) is 6.92 Å². The fraction of sp³-hybridized carbons (Fsp3) is 0.294. The van der Waals surface area contributed by atoms with Crippen LogP contribution in [0.3, 0.4) is 0 Å². The van der Waals surface area contributed by atoms with E-state index in [0.29, 0.717) is 12.2 Å². The molecule has 0 spiro atoms. The zero-order chi connectivity index (χ0) is 16.1. The second-order valence-electron chi connectivity index (χ2n) is 5.97. The van der Waals surface area contributed by atoms with E-state index in [9.17, 15) is 4.79 Å². The fourth-order valence-corrected chi connectivity index (χ4v) is 3.64. The summed E-state index contributed by atoms with van der Waals surface area (Å²) >= 11 is 3.43. The highest BCUT2D eigenvalue weighted by molar-refractivity contribution is 9.10. The minimum Gasteiger partial charge on any atom is -0.345 e. The van der Waals surface area contributed by atoms with E-state index in [4.69, 9.17) is 0 Å². The molecule has 0 fully saturated rings. The maximum atomic E-state index is 12.9. The normalized spacial score (nSPS) is 17.5. The molecular formula is C17H17BrN4O. The highest BCUT2D eigenvalue weighted by Gasteiger charge is 2.30. The molecule has 6 heteroatoms. The predicted molar refractivity (Wildman–Crippen MR) is 91.5 cm³/mol. The summed E-state index contributed by atoms with van der Waals surface area (Å²) < 4.78 is 4.96. The molecule has 0 radical (unpaired) electrons. The third-order valence-corrected chi connectivity index (χ3v) is 5.07. The third-order valence-electron chi connectivity index (χ3n) is 4.60. The van der Waals surface area contributed by atoms with Gasteiger partial charge in [0.2, 0.25) is 0 Å². The average molecular weight is 373 g/mol. The van der Waals surface area contributed by atoms with E-state index >= 15 is 0 Å². The van der Waals surface area contributed by atoms with E-state index in [-0.39, 0.29) is 11.9 Å². The molecule has 1 amide bonds. The summed E-state index contributed by atoms with van der Waals surface area (Å²) in [6.45, 7) is 5.73. The maximum Gasteiger partial charge on any atom is 0.275 e. The molecule has 1 atom stereocenters. The summed E-state index contributed by atoms with van der Waals surface area (Å²) in [6, 6.07) is 10.0. The minimum atomic E-state index is -0.0116. The maximum absolute atomic E-state index is 12.9. The van der Waals surface area contributed by atoms with Gasteiger partial charge in [0.1, 0.15) is 0 Å². The molecule has 1 unspecified atom stereocenters. The first-order chi connectivity index (χ1) is 11.0. The molecule has 0 saturated carbocycles. The number of hydrogen-bond donors (Lipinski definition) is 0. The van der Waals surface area contributed by atoms with Gasteiger partial charge in [0.25, 0.3) is 5.91 Å². The standard InChI is InChI=1S/C17H17BrN4O/c1-11-3-6-16-12(2)21(8-7-20(11)16)17(23)15-9-14-5-4-13(18)10-22(14)19-15/h3-6,9-10,12H,7-8H2,1-2H3. The molecule has 3 aromatic heterocycles. The molecule has 1 aliphatic rings. The number of fused-ring (bicyclic) bond motifs is 2. The number of pyridine rings is 1. The van der Waals surface area contributed by atoms with E-state index in [1.165, 1.54) is 11.4 Å². The number of amides is 1. The lowest BCUT2D eigenvalue weighted by Gasteiger charge is -2.35. The first-order valence-corrected chi connectivity index (χ1v) is 8.46. The molecule has 0 aliphatic carbocycles. The number of halogens is 1. The minimum absolute atomic E-state index is 0.0116. The number of carbonyl (C=O) groups is 1. The second-order valence-corrected chi connectivity index (χ2v) is 6.89.